The average molecular weight is 308 g/mol. The normalized spacial score (nSPS) is 20.2. The molecule has 22 heavy (non-hydrogen) atoms. The summed E-state index contributed by atoms with van der Waals surface area (Å²) in [6.07, 6.45) is 3.36. The maximum atomic E-state index is 12.2. The maximum absolute atomic E-state index is 12.2. The molecule has 5 nitrogen and oxygen atoms in total. The van der Waals surface area contributed by atoms with Crippen LogP contribution in [0.4, 0.5) is 4.79 Å². The van der Waals surface area contributed by atoms with Crippen molar-refractivity contribution >= 4 is 6.09 Å². The van der Waals surface area contributed by atoms with Crippen LogP contribution in [0.15, 0.2) is 22.8 Å². The number of likely N-dealkylation sites (N-methyl/N-ethyl adjacent to an activating group) is 1. The summed E-state index contributed by atoms with van der Waals surface area (Å²) in [5.74, 6) is 1.42. The summed E-state index contributed by atoms with van der Waals surface area (Å²) in [5, 5.41) is 3.53. The predicted octanol–water partition coefficient (Wildman–Crippen LogP) is 3.06. The van der Waals surface area contributed by atoms with E-state index in [1.54, 1.807) is 6.26 Å². The van der Waals surface area contributed by atoms with Crippen LogP contribution in [0, 0.1) is 5.92 Å². The molecule has 5 heteroatoms. The summed E-state index contributed by atoms with van der Waals surface area (Å²) < 4.78 is 10.9. The number of carbonyl (C=O) groups excluding carboxylic acids is 1. The molecule has 1 saturated heterocycles. The predicted molar refractivity (Wildman–Crippen MR) is 85.8 cm³/mol. The van der Waals surface area contributed by atoms with Crippen LogP contribution in [-0.2, 0) is 11.2 Å². The minimum Gasteiger partial charge on any atom is -0.469 e. The van der Waals surface area contributed by atoms with Gasteiger partial charge in [0.2, 0.25) is 0 Å². The first kappa shape index (κ1) is 16.9. The van der Waals surface area contributed by atoms with Crippen LogP contribution in [0.2, 0.25) is 0 Å². The highest BCUT2D eigenvalue weighted by Gasteiger charge is 2.34. The van der Waals surface area contributed by atoms with Gasteiger partial charge in [-0.1, -0.05) is 6.92 Å². The highest BCUT2D eigenvalue weighted by atomic mass is 16.6. The molecule has 2 unspecified atom stereocenters. The topological polar surface area (TPSA) is 54.7 Å². The Morgan fingerprint density at radius 2 is 2.32 bits per heavy atom. The van der Waals surface area contributed by atoms with Crippen molar-refractivity contribution in [3.8, 4) is 0 Å². The van der Waals surface area contributed by atoms with Crippen LogP contribution >= 0.6 is 0 Å². The molecule has 1 N–H and O–H groups in total. The molecule has 1 aromatic heterocycles. The highest BCUT2D eigenvalue weighted by molar-refractivity contribution is 5.68. The van der Waals surface area contributed by atoms with Gasteiger partial charge in [0.1, 0.15) is 11.4 Å². The molecule has 0 spiro atoms. The molecular formula is C17H28N2O3. The number of nitrogens with one attached hydrogen (secondary N) is 1. The van der Waals surface area contributed by atoms with Crippen molar-refractivity contribution < 1.29 is 13.9 Å². The highest BCUT2D eigenvalue weighted by Crippen LogP contribution is 2.24. The first-order chi connectivity index (χ1) is 10.4. The number of furan rings is 1. The van der Waals surface area contributed by atoms with Gasteiger partial charge in [0.25, 0.3) is 0 Å². The van der Waals surface area contributed by atoms with Crippen molar-refractivity contribution in [2.75, 3.05) is 19.6 Å². The number of amides is 1. The number of hydrogen-bond donors (Lipinski definition) is 1. The Morgan fingerprint density at radius 3 is 2.91 bits per heavy atom. The number of ether oxygens (including phenoxy) is 1. The van der Waals surface area contributed by atoms with E-state index in [4.69, 9.17) is 9.15 Å². The SMILES string of the molecule is CCNC(Cc1ccco1)C1CCN(C(=O)OC(C)(C)C)C1. The van der Waals surface area contributed by atoms with E-state index in [0.717, 1.165) is 38.2 Å². The van der Waals surface area contributed by atoms with Gasteiger partial charge in [0.15, 0.2) is 0 Å². The van der Waals surface area contributed by atoms with Crippen molar-refractivity contribution in [2.24, 2.45) is 5.92 Å². The average Bonchev–Trinajstić information content (AvgIpc) is 3.07. The van der Waals surface area contributed by atoms with Crippen LogP contribution in [0.5, 0.6) is 0 Å². The number of rotatable bonds is 5. The molecule has 124 valence electrons. The molecule has 0 aromatic carbocycles. The third kappa shape index (κ3) is 4.77. The molecule has 1 aliphatic rings. The molecule has 1 fully saturated rings. The van der Waals surface area contributed by atoms with Crippen LogP contribution < -0.4 is 5.32 Å². The summed E-state index contributed by atoms with van der Waals surface area (Å²) >= 11 is 0. The zero-order valence-corrected chi connectivity index (χ0v) is 14.1. The lowest BCUT2D eigenvalue weighted by Crippen LogP contribution is -2.41. The van der Waals surface area contributed by atoms with Gasteiger partial charge in [-0.25, -0.2) is 4.79 Å². The van der Waals surface area contributed by atoms with Crippen LogP contribution in [0.3, 0.4) is 0 Å². The second-order valence-corrected chi connectivity index (χ2v) is 6.92. The molecule has 1 amide bonds. The van der Waals surface area contributed by atoms with Crippen molar-refractivity contribution in [3.05, 3.63) is 24.2 Å². The smallest absolute Gasteiger partial charge is 0.410 e. The zero-order chi connectivity index (χ0) is 16.2. The Hall–Kier alpha value is -1.49. The third-order valence-electron chi connectivity index (χ3n) is 3.91. The quantitative estimate of drug-likeness (QED) is 0.908. The van der Waals surface area contributed by atoms with Crippen molar-refractivity contribution in [2.45, 2.75) is 52.2 Å². The zero-order valence-electron chi connectivity index (χ0n) is 14.1. The first-order valence-electron chi connectivity index (χ1n) is 8.12. The molecule has 0 saturated carbocycles. The monoisotopic (exact) mass is 308 g/mol. The Labute approximate surface area is 133 Å². The molecule has 2 heterocycles. The Bertz CT molecular complexity index is 465. The molecule has 0 bridgehead atoms. The van der Waals surface area contributed by atoms with E-state index in [9.17, 15) is 4.79 Å². The number of hydrogen-bond acceptors (Lipinski definition) is 4. The standard InChI is InChI=1S/C17H28N2O3/c1-5-18-15(11-14-7-6-10-21-14)13-8-9-19(12-13)16(20)22-17(2,3)4/h6-7,10,13,15,18H,5,8-9,11-12H2,1-4H3. The minimum absolute atomic E-state index is 0.205. The molecule has 0 radical (unpaired) electrons. The lowest BCUT2D eigenvalue weighted by atomic mass is 9.95. The Kier molecular flexibility index (Phi) is 5.51. The molecular weight excluding hydrogens is 280 g/mol. The maximum Gasteiger partial charge on any atom is 0.410 e. The van der Waals surface area contributed by atoms with Crippen molar-refractivity contribution in [3.63, 3.8) is 0 Å². The van der Waals surface area contributed by atoms with Gasteiger partial charge in [0, 0.05) is 25.6 Å². The largest absolute Gasteiger partial charge is 0.469 e. The van der Waals surface area contributed by atoms with E-state index in [1.165, 1.54) is 0 Å². The van der Waals surface area contributed by atoms with E-state index in [2.05, 4.69) is 12.2 Å². The molecule has 1 aliphatic heterocycles. The summed E-state index contributed by atoms with van der Waals surface area (Å²) in [4.78, 5) is 14.0. The third-order valence-corrected chi connectivity index (χ3v) is 3.91. The van der Waals surface area contributed by atoms with Gasteiger partial charge in [-0.15, -0.1) is 0 Å². The van der Waals surface area contributed by atoms with Crippen molar-refractivity contribution in [1.29, 1.82) is 0 Å². The number of likely N-dealkylation sites (tertiary alicyclic amines) is 1. The van der Waals surface area contributed by atoms with Gasteiger partial charge >= 0.3 is 6.09 Å². The molecule has 2 rings (SSSR count). The second-order valence-electron chi connectivity index (χ2n) is 6.92. The van der Waals surface area contributed by atoms with Crippen molar-refractivity contribution in [1.82, 2.24) is 10.2 Å². The van der Waals surface area contributed by atoms with Gasteiger partial charge < -0.3 is 19.4 Å². The van der Waals surface area contributed by atoms with Gasteiger partial charge in [-0.2, -0.15) is 0 Å². The van der Waals surface area contributed by atoms with E-state index in [1.807, 2.05) is 37.8 Å². The van der Waals surface area contributed by atoms with Gasteiger partial charge in [-0.05, 0) is 51.8 Å². The molecule has 1 aromatic rings. The van der Waals surface area contributed by atoms with Gasteiger partial charge in [0.05, 0.1) is 6.26 Å². The number of nitrogens with zero attached hydrogens (tertiary/aromatic N) is 1. The fraction of sp³-hybridized carbons (Fsp3) is 0.706. The van der Waals surface area contributed by atoms with E-state index in [-0.39, 0.29) is 6.09 Å². The minimum atomic E-state index is -0.440. The lowest BCUT2D eigenvalue weighted by molar-refractivity contribution is 0.0285. The van der Waals surface area contributed by atoms with Crippen LogP contribution in [0.25, 0.3) is 0 Å². The molecule has 2 atom stereocenters. The fourth-order valence-corrected chi connectivity index (χ4v) is 2.92. The molecule has 0 aliphatic carbocycles. The second kappa shape index (κ2) is 7.18. The van der Waals surface area contributed by atoms with Crippen LogP contribution in [-0.4, -0.2) is 42.3 Å². The Balaban J connectivity index is 1.92. The fourth-order valence-electron chi connectivity index (χ4n) is 2.92. The van der Waals surface area contributed by atoms with Gasteiger partial charge in [-0.3, -0.25) is 0 Å². The van der Waals surface area contributed by atoms with E-state index < -0.39 is 5.60 Å². The Morgan fingerprint density at radius 1 is 1.55 bits per heavy atom. The van der Waals surface area contributed by atoms with E-state index in [0.29, 0.717) is 12.0 Å². The first-order valence-corrected chi connectivity index (χ1v) is 8.12. The van der Waals surface area contributed by atoms with E-state index >= 15 is 0 Å². The summed E-state index contributed by atoms with van der Waals surface area (Å²) in [5.41, 5.74) is -0.440. The number of carbonyl (C=O) groups is 1. The summed E-state index contributed by atoms with van der Waals surface area (Å²) in [7, 11) is 0. The summed E-state index contributed by atoms with van der Waals surface area (Å²) in [6.45, 7) is 10.2. The lowest BCUT2D eigenvalue weighted by Gasteiger charge is -2.26. The van der Waals surface area contributed by atoms with Crippen LogP contribution in [0.1, 0.15) is 39.9 Å². The summed E-state index contributed by atoms with van der Waals surface area (Å²) in [6, 6.07) is 4.24.